The molecular weight excluding hydrogens is 446 g/mol. The second kappa shape index (κ2) is 10.9. The molecule has 0 bridgehead atoms. The van der Waals surface area contributed by atoms with Gasteiger partial charge in [0.25, 0.3) is 0 Å². The molecule has 3 N–H and O–H groups in total. The number of hydrogen-bond acceptors (Lipinski definition) is 7. The van der Waals surface area contributed by atoms with E-state index in [1.54, 1.807) is 31.4 Å². The molecule has 3 rings (SSSR count). The van der Waals surface area contributed by atoms with Gasteiger partial charge in [-0.1, -0.05) is 12.1 Å². The molecule has 10 heteroatoms. The van der Waals surface area contributed by atoms with E-state index in [2.05, 4.69) is 10.0 Å². The molecule has 0 aromatic heterocycles. The number of sulfonamides is 1. The molecule has 1 amide bonds. The van der Waals surface area contributed by atoms with Crippen LogP contribution in [0, 0.1) is 0 Å². The molecule has 1 aliphatic heterocycles. The standard InChI is InChI=1S/C23H31N3O6S/c1-26(13-12-16-4-6-17(7-5-16)25-33(3,29)30)14-18(27)15-32-20-9-10-21(31-2)23-19(20)8-11-22(28)24-23/h4-7,9-10,18,25,27H,8,11-15H2,1-3H3,(H,24,28)/t18-/m0/s1. The largest absolute Gasteiger partial charge is 0.495 e. The molecule has 0 saturated carbocycles. The molecule has 1 atom stereocenters. The SMILES string of the molecule is COc1ccc(OC[C@@H](O)CN(C)CCc2ccc(NS(C)(=O)=O)cc2)c2c1NC(=O)CC2. The van der Waals surface area contributed by atoms with E-state index in [4.69, 9.17) is 9.47 Å². The van der Waals surface area contributed by atoms with Crippen LogP contribution in [0.2, 0.25) is 0 Å². The van der Waals surface area contributed by atoms with E-state index in [0.29, 0.717) is 42.3 Å². The Morgan fingerprint density at radius 1 is 1.15 bits per heavy atom. The average molecular weight is 478 g/mol. The summed E-state index contributed by atoms with van der Waals surface area (Å²) in [7, 11) is 0.188. The smallest absolute Gasteiger partial charge is 0.229 e. The molecule has 0 spiro atoms. The number of aliphatic hydroxyl groups is 1. The first kappa shape index (κ1) is 24.8. The van der Waals surface area contributed by atoms with Gasteiger partial charge in [-0.05, 0) is 49.7 Å². The van der Waals surface area contributed by atoms with Gasteiger partial charge in [-0.15, -0.1) is 0 Å². The number of anilines is 2. The molecule has 33 heavy (non-hydrogen) atoms. The first-order valence-electron chi connectivity index (χ1n) is 10.7. The second-order valence-electron chi connectivity index (χ2n) is 8.22. The summed E-state index contributed by atoms with van der Waals surface area (Å²) in [6, 6.07) is 10.8. The number of carbonyl (C=O) groups excluding carboxylic acids is 1. The van der Waals surface area contributed by atoms with Crippen molar-refractivity contribution >= 4 is 27.3 Å². The Balaban J connectivity index is 1.48. The summed E-state index contributed by atoms with van der Waals surface area (Å²) in [4.78, 5) is 13.8. The summed E-state index contributed by atoms with van der Waals surface area (Å²) in [6.45, 7) is 1.28. The van der Waals surface area contributed by atoms with Crippen molar-refractivity contribution in [2.24, 2.45) is 0 Å². The molecular formula is C23H31N3O6S. The number of fused-ring (bicyclic) bond motifs is 1. The van der Waals surface area contributed by atoms with Crippen LogP contribution in [0.1, 0.15) is 17.5 Å². The zero-order valence-electron chi connectivity index (χ0n) is 19.1. The number of likely N-dealkylation sites (N-methyl/N-ethyl adjacent to an activating group) is 1. The highest BCUT2D eigenvalue weighted by Gasteiger charge is 2.23. The molecule has 0 unspecified atom stereocenters. The maximum atomic E-state index is 11.7. The fourth-order valence-corrected chi connectivity index (χ4v) is 4.27. The number of ether oxygens (including phenoxy) is 2. The van der Waals surface area contributed by atoms with Gasteiger partial charge in [-0.2, -0.15) is 0 Å². The Morgan fingerprint density at radius 2 is 1.85 bits per heavy atom. The van der Waals surface area contributed by atoms with Crippen LogP contribution in [0.25, 0.3) is 0 Å². The van der Waals surface area contributed by atoms with Gasteiger partial charge < -0.3 is 24.8 Å². The van der Waals surface area contributed by atoms with Gasteiger partial charge >= 0.3 is 0 Å². The molecule has 2 aromatic rings. The number of nitrogens with one attached hydrogen (secondary N) is 2. The Labute approximate surface area is 194 Å². The molecule has 180 valence electrons. The zero-order chi connectivity index (χ0) is 24.0. The van der Waals surface area contributed by atoms with E-state index in [9.17, 15) is 18.3 Å². The lowest BCUT2D eigenvalue weighted by atomic mass is 10.0. The van der Waals surface area contributed by atoms with E-state index in [0.717, 1.165) is 30.3 Å². The number of nitrogens with zero attached hydrogens (tertiary/aromatic N) is 1. The molecule has 1 heterocycles. The predicted octanol–water partition coefficient (Wildman–Crippen LogP) is 1.87. The number of hydrogen-bond donors (Lipinski definition) is 3. The minimum Gasteiger partial charge on any atom is -0.495 e. The second-order valence-corrected chi connectivity index (χ2v) is 9.96. The predicted molar refractivity (Wildman–Crippen MR) is 128 cm³/mol. The Bertz CT molecular complexity index is 1070. The third-order valence-electron chi connectivity index (χ3n) is 5.31. The lowest BCUT2D eigenvalue weighted by Gasteiger charge is -2.24. The molecule has 9 nitrogen and oxygen atoms in total. The summed E-state index contributed by atoms with van der Waals surface area (Å²) in [6.07, 6.45) is 2.13. The normalized spacial score (nSPS) is 14.4. The number of benzene rings is 2. The molecule has 2 aromatic carbocycles. The van der Waals surface area contributed by atoms with Crippen LogP contribution in [0.4, 0.5) is 11.4 Å². The molecule has 1 aliphatic rings. The molecule has 0 saturated heterocycles. The van der Waals surface area contributed by atoms with Gasteiger partial charge in [-0.25, -0.2) is 8.42 Å². The third-order valence-corrected chi connectivity index (χ3v) is 5.92. The maximum Gasteiger partial charge on any atom is 0.229 e. The van der Waals surface area contributed by atoms with Crippen molar-refractivity contribution in [2.45, 2.75) is 25.4 Å². The van der Waals surface area contributed by atoms with Gasteiger partial charge in [0.1, 0.15) is 24.2 Å². The van der Waals surface area contributed by atoms with E-state index in [1.807, 2.05) is 24.1 Å². The van der Waals surface area contributed by atoms with Crippen LogP contribution >= 0.6 is 0 Å². The average Bonchev–Trinajstić information content (AvgIpc) is 2.75. The van der Waals surface area contributed by atoms with Gasteiger partial charge in [0.2, 0.25) is 15.9 Å². The number of aliphatic hydroxyl groups excluding tert-OH is 1. The highest BCUT2D eigenvalue weighted by Crippen LogP contribution is 2.38. The summed E-state index contributed by atoms with van der Waals surface area (Å²) in [5.41, 5.74) is 3.11. The fraction of sp³-hybridized carbons (Fsp3) is 0.435. The minimum absolute atomic E-state index is 0.0547. The van der Waals surface area contributed by atoms with Gasteiger partial charge in [0.15, 0.2) is 0 Å². The van der Waals surface area contributed by atoms with E-state index in [1.165, 1.54) is 0 Å². The number of methoxy groups -OCH3 is 1. The van der Waals surface area contributed by atoms with Gasteiger partial charge in [-0.3, -0.25) is 9.52 Å². The van der Waals surface area contributed by atoms with Crippen molar-refractivity contribution in [3.05, 3.63) is 47.5 Å². The van der Waals surface area contributed by atoms with E-state index < -0.39 is 16.1 Å². The molecule has 0 aliphatic carbocycles. The summed E-state index contributed by atoms with van der Waals surface area (Å²) < 4.78 is 36.2. The van der Waals surface area contributed by atoms with Crippen LogP contribution in [0.3, 0.4) is 0 Å². The topological polar surface area (TPSA) is 117 Å². The van der Waals surface area contributed by atoms with Crippen molar-refractivity contribution < 1.29 is 27.8 Å². The third kappa shape index (κ3) is 7.34. The van der Waals surface area contributed by atoms with E-state index >= 15 is 0 Å². The first-order valence-corrected chi connectivity index (χ1v) is 12.6. The van der Waals surface area contributed by atoms with Crippen LogP contribution in [-0.4, -0.2) is 70.5 Å². The minimum atomic E-state index is -3.29. The molecule has 0 radical (unpaired) electrons. The Hall–Kier alpha value is -2.82. The van der Waals surface area contributed by atoms with Gasteiger partial charge in [0.05, 0.1) is 19.1 Å². The van der Waals surface area contributed by atoms with Crippen molar-refractivity contribution in [3.63, 3.8) is 0 Å². The van der Waals surface area contributed by atoms with Gasteiger partial charge in [0, 0.05) is 30.8 Å². The van der Waals surface area contributed by atoms with Crippen LogP contribution in [0.5, 0.6) is 11.5 Å². The lowest BCUT2D eigenvalue weighted by molar-refractivity contribution is -0.116. The van der Waals surface area contributed by atoms with Crippen LogP contribution in [0.15, 0.2) is 36.4 Å². The van der Waals surface area contributed by atoms with Crippen molar-refractivity contribution in [3.8, 4) is 11.5 Å². The van der Waals surface area contributed by atoms with E-state index in [-0.39, 0.29) is 12.5 Å². The highest BCUT2D eigenvalue weighted by molar-refractivity contribution is 7.92. The summed E-state index contributed by atoms with van der Waals surface area (Å²) in [5.74, 6) is 1.17. The Morgan fingerprint density at radius 3 is 2.52 bits per heavy atom. The molecule has 0 fully saturated rings. The number of amides is 1. The highest BCUT2D eigenvalue weighted by atomic mass is 32.2. The lowest BCUT2D eigenvalue weighted by Crippen LogP contribution is -2.34. The maximum absolute atomic E-state index is 11.7. The quantitative estimate of drug-likeness (QED) is 0.452. The zero-order valence-corrected chi connectivity index (χ0v) is 19.9. The van der Waals surface area contributed by atoms with Crippen LogP contribution in [-0.2, 0) is 27.7 Å². The summed E-state index contributed by atoms with van der Waals surface area (Å²) in [5, 5.41) is 13.3. The van der Waals surface area contributed by atoms with Crippen molar-refractivity contribution in [2.75, 3.05) is 50.1 Å². The number of carbonyl (C=O) groups is 1. The Kier molecular flexibility index (Phi) is 8.17. The number of rotatable bonds is 11. The van der Waals surface area contributed by atoms with Crippen molar-refractivity contribution in [1.82, 2.24) is 4.90 Å². The van der Waals surface area contributed by atoms with Crippen molar-refractivity contribution in [1.29, 1.82) is 0 Å². The fourth-order valence-electron chi connectivity index (χ4n) is 3.70. The van der Waals surface area contributed by atoms with Crippen LogP contribution < -0.4 is 19.5 Å². The summed E-state index contributed by atoms with van der Waals surface area (Å²) >= 11 is 0. The first-order chi connectivity index (χ1) is 15.6. The monoisotopic (exact) mass is 477 g/mol.